The number of rotatable bonds is 4. The molecule has 3 rings (SSSR count). The second kappa shape index (κ2) is 6.38. The zero-order valence-corrected chi connectivity index (χ0v) is 11.8. The van der Waals surface area contributed by atoms with Crippen LogP contribution in [-0.4, -0.2) is 36.1 Å². The maximum atomic E-state index is 4.77. The molecule has 1 aromatic heterocycles. The summed E-state index contributed by atoms with van der Waals surface area (Å²) in [5, 5.41) is 3.42. The molecule has 0 unspecified atom stereocenters. The molecule has 1 fully saturated rings. The van der Waals surface area contributed by atoms with Gasteiger partial charge in [0.05, 0.1) is 0 Å². The van der Waals surface area contributed by atoms with Gasteiger partial charge in [0.15, 0.2) is 0 Å². The Bertz CT molecular complexity index is 410. The van der Waals surface area contributed by atoms with Crippen molar-refractivity contribution in [2.45, 2.75) is 44.9 Å². The Kier molecular flexibility index (Phi) is 4.34. The number of hydrogen-bond donors (Lipinski definition) is 1. The average Bonchev–Trinajstić information content (AvgIpc) is 2.48. The number of piperidine rings is 1. The number of nitrogens with one attached hydrogen (secondary N) is 1. The molecule has 0 spiro atoms. The molecule has 2 aliphatic heterocycles. The summed E-state index contributed by atoms with van der Waals surface area (Å²) >= 11 is 0. The van der Waals surface area contributed by atoms with E-state index in [0.717, 1.165) is 18.8 Å². The van der Waals surface area contributed by atoms with Crippen molar-refractivity contribution in [2.75, 3.05) is 31.5 Å². The molecule has 3 nitrogen and oxygen atoms in total. The van der Waals surface area contributed by atoms with E-state index in [4.69, 9.17) is 4.98 Å². The van der Waals surface area contributed by atoms with Gasteiger partial charge >= 0.3 is 0 Å². The van der Waals surface area contributed by atoms with Gasteiger partial charge in [0.25, 0.3) is 0 Å². The molecule has 1 saturated heterocycles. The minimum absolute atomic E-state index is 1.08. The molecule has 1 aromatic rings. The summed E-state index contributed by atoms with van der Waals surface area (Å²) in [4.78, 5) is 7.38. The van der Waals surface area contributed by atoms with E-state index >= 15 is 0 Å². The van der Waals surface area contributed by atoms with Crippen LogP contribution in [0.4, 0.5) is 5.82 Å². The van der Waals surface area contributed by atoms with Gasteiger partial charge in [-0.05, 0) is 69.8 Å². The van der Waals surface area contributed by atoms with Crippen LogP contribution >= 0.6 is 0 Å². The fraction of sp³-hybridized carbons (Fsp3) is 0.688. The molecule has 2 aliphatic rings. The quantitative estimate of drug-likeness (QED) is 0.901. The second-order valence-electron chi connectivity index (χ2n) is 5.85. The minimum Gasteiger partial charge on any atom is -0.370 e. The largest absolute Gasteiger partial charge is 0.370 e. The monoisotopic (exact) mass is 259 g/mol. The van der Waals surface area contributed by atoms with Crippen molar-refractivity contribution in [1.29, 1.82) is 0 Å². The number of anilines is 1. The van der Waals surface area contributed by atoms with E-state index in [1.54, 1.807) is 0 Å². The topological polar surface area (TPSA) is 28.2 Å². The van der Waals surface area contributed by atoms with E-state index in [9.17, 15) is 0 Å². The number of pyridine rings is 1. The highest BCUT2D eigenvalue weighted by Crippen LogP contribution is 2.20. The van der Waals surface area contributed by atoms with Gasteiger partial charge in [0.1, 0.15) is 5.82 Å². The van der Waals surface area contributed by atoms with Crippen molar-refractivity contribution in [3.8, 4) is 0 Å². The molecule has 0 radical (unpaired) electrons. The zero-order valence-electron chi connectivity index (χ0n) is 11.8. The SMILES string of the molecule is c1cc2c(nc1CCCN1CCCCC1)NCCC2. The lowest BCUT2D eigenvalue weighted by Crippen LogP contribution is -2.30. The Labute approximate surface area is 116 Å². The molecule has 0 saturated carbocycles. The van der Waals surface area contributed by atoms with Gasteiger partial charge < -0.3 is 10.2 Å². The first-order chi connectivity index (χ1) is 9.42. The van der Waals surface area contributed by atoms with E-state index in [1.807, 2.05) is 0 Å². The Balaban J connectivity index is 1.49. The first-order valence-electron chi connectivity index (χ1n) is 7.87. The second-order valence-corrected chi connectivity index (χ2v) is 5.85. The fourth-order valence-electron chi connectivity index (χ4n) is 3.17. The van der Waals surface area contributed by atoms with Gasteiger partial charge in [-0.3, -0.25) is 0 Å². The zero-order chi connectivity index (χ0) is 12.9. The predicted octanol–water partition coefficient (Wildman–Crippen LogP) is 2.86. The molecule has 0 aliphatic carbocycles. The third kappa shape index (κ3) is 3.47. The van der Waals surface area contributed by atoms with Gasteiger partial charge in [-0.2, -0.15) is 0 Å². The number of aromatic nitrogens is 1. The Morgan fingerprint density at radius 2 is 2.00 bits per heavy atom. The molecule has 0 atom stereocenters. The van der Waals surface area contributed by atoms with Crippen molar-refractivity contribution < 1.29 is 0 Å². The molecule has 1 N–H and O–H groups in total. The summed E-state index contributed by atoms with van der Waals surface area (Å²) in [7, 11) is 0. The third-order valence-electron chi connectivity index (χ3n) is 4.31. The van der Waals surface area contributed by atoms with Crippen molar-refractivity contribution in [3.05, 3.63) is 23.4 Å². The number of hydrogen-bond acceptors (Lipinski definition) is 3. The molecule has 19 heavy (non-hydrogen) atoms. The van der Waals surface area contributed by atoms with Crippen LogP contribution in [0.25, 0.3) is 0 Å². The van der Waals surface area contributed by atoms with Crippen LogP contribution in [0.3, 0.4) is 0 Å². The van der Waals surface area contributed by atoms with Crippen molar-refractivity contribution in [1.82, 2.24) is 9.88 Å². The first-order valence-corrected chi connectivity index (χ1v) is 7.87. The van der Waals surface area contributed by atoms with E-state index in [2.05, 4.69) is 22.3 Å². The molecule has 0 aromatic carbocycles. The van der Waals surface area contributed by atoms with E-state index < -0.39 is 0 Å². The molecule has 104 valence electrons. The molecular formula is C16H25N3. The number of likely N-dealkylation sites (tertiary alicyclic amines) is 1. The maximum Gasteiger partial charge on any atom is 0.129 e. The standard InChI is InChI=1S/C16H25N3/c1-2-11-19(12-3-1)13-5-7-15-9-8-14-6-4-10-17-16(14)18-15/h8-9H,1-7,10-13H2,(H,17,18). The molecule has 0 bridgehead atoms. The van der Waals surface area contributed by atoms with Crippen LogP contribution in [0.2, 0.25) is 0 Å². The van der Waals surface area contributed by atoms with Crippen molar-refractivity contribution >= 4 is 5.82 Å². The lowest BCUT2D eigenvalue weighted by Gasteiger charge is -2.26. The third-order valence-corrected chi connectivity index (χ3v) is 4.31. The van der Waals surface area contributed by atoms with Gasteiger partial charge in [-0.25, -0.2) is 4.98 Å². The van der Waals surface area contributed by atoms with Crippen LogP contribution in [0.15, 0.2) is 12.1 Å². The van der Waals surface area contributed by atoms with Crippen LogP contribution in [-0.2, 0) is 12.8 Å². The average molecular weight is 259 g/mol. The first kappa shape index (κ1) is 12.9. The highest BCUT2D eigenvalue weighted by atomic mass is 15.1. The molecular weight excluding hydrogens is 234 g/mol. The summed E-state index contributed by atoms with van der Waals surface area (Å²) in [6, 6.07) is 4.49. The van der Waals surface area contributed by atoms with Crippen LogP contribution < -0.4 is 5.32 Å². The maximum absolute atomic E-state index is 4.77. The Morgan fingerprint density at radius 3 is 2.89 bits per heavy atom. The van der Waals surface area contributed by atoms with E-state index in [0.29, 0.717) is 0 Å². The molecule has 0 amide bonds. The summed E-state index contributed by atoms with van der Waals surface area (Å²) in [5.74, 6) is 1.14. The smallest absolute Gasteiger partial charge is 0.129 e. The number of nitrogens with zero attached hydrogens (tertiary/aromatic N) is 2. The molecule has 3 heterocycles. The summed E-state index contributed by atoms with van der Waals surface area (Å²) in [6.07, 6.45) is 8.99. The Hall–Kier alpha value is -1.09. The lowest BCUT2D eigenvalue weighted by molar-refractivity contribution is 0.226. The highest BCUT2D eigenvalue weighted by Gasteiger charge is 2.11. The predicted molar refractivity (Wildman–Crippen MR) is 79.7 cm³/mol. The number of fused-ring (bicyclic) bond motifs is 1. The van der Waals surface area contributed by atoms with Gasteiger partial charge in [-0.15, -0.1) is 0 Å². The van der Waals surface area contributed by atoms with Crippen LogP contribution in [0.1, 0.15) is 43.4 Å². The van der Waals surface area contributed by atoms with Crippen molar-refractivity contribution in [3.63, 3.8) is 0 Å². The summed E-state index contributed by atoms with van der Waals surface area (Å²) < 4.78 is 0. The van der Waals surface area contributed by atoms with Crippen LogP contribution in [0.5, 0.6) is 0 Å². The van der Waals surface area contributed by atoms with Gasteiger partial charge in [0, 0.05) is 12.2 Å². The summed E-state index contributed by atoms with van der Waals surface area (Å²) in [6.45, 7) is 4.93. The normalized spacial score (nSPS) is 19.8. The van der Waals surface area contributed by atoms with E-state index in [-0.39, 0.29) is 0 Å². The minimum atomic E-state index is 1.08. The van der Waals surface area contributed by atoms with Crippen molar-refractivity contribution in [2.24, 2.45) is 0 Å². The number of aryl methyl sites for hydroxylation is 2. The fourth-order valence-corrected chi connectivity index (χ4v) is 3.17. The summed E-state index contributed by atoms with van der Waals surface area (Å²) in [5.41, 5.74) is 2.65. The van der Waals surface area contributed by atoms with Gasteiger partial charge in [-0.1, -0.05) is 12.5 Å². The van der Waals surface area contributed by atoms with E-state index in [1.165, 1.54) is 69.4 Å². The Morgan fingerprint density at radius 1 is 1.11 bits per heavy atom. The van der Waals surface area contributed by atoms with Crippen LogP contribution in [0, 0.1) is 0 Å². The van der Waals surface area contributed by atoms with Gasteiger partial charge in [0.2, 0.25) is 0 Å². The highest BCUT2D eigenvalue weighted by molar-refractivity contribution is 5.46. The molecule has 3 heteroatoms. The lowest BCUT2D eigenvalue weighted by atomic mass is 10.1.